The van der Waals surface area contributed by atoms with Gasteiger partial charge in [-0.3, -0.25) is 4.79 Å². The van der Waals surface area contributed by atoms with E-state index in [0.29, 0.717) is 13.0 Å². The Morgan fingerprint density at radius 3 is 2.33 bits per heavy atom. The Hall–Kier alpha value is -4.88. The van der Waals surface area contributed by atoms with Crippen LogP contribution in [0.1, 0.15) is 28.2 Å². The fourth-order valence-electron chi connectivity index (χ4n) is 7.22. The van der Waals surface area contributed by atoms with Gasteiger partial charge in [-0.1, -0.05) is 84.9 Å². The number of hydrogen-bond acceptors (Lipinski definition) is 4. The number of aromatic nitrogens is 1. The number of carbonyl (C=O) groups excluding carboxylic acids is 2. The van der Waals surface area contributed by atoms with E-state index in [1.807, 2.05) is 77.8 Å². The molecule has 0 saturated heterocycles. The minimum absolute atomic E-state index is 0.0633. The van der Waals surface area contributed by atoms with Crippen LogP contribution >= 0.6 is 0 Å². The van der Waals surface area contributed by atoms with Crippen molar-refractivity contribution >= 4 is 28.6 Å². The molecule has 0 bridgehead atoms. The highest BCUT2D eigenvalue weighted by molar-refractivity contribution is 6.00. The fraction of sp³-hybridized carbons (Fsp3) is 0.263. The second kappa shape index (κ2) is 12.3. The van der Waals surface area contributed by atoms with Gasteiger partial charge < -0.3 is 24.8 Å². The van der Waals surface area contributed by atoms with Crippen LogP contribution in [0.5, 0.6) is 0 Å². The zero-order chi connectivity index (χ0) is 30.9. The minimum atomic E-state index is -0.814. The van der Waals surface area contributed by atoms with Gasteiger partial charge >= 0.3 is 6.09 Å². The summed E-state index contributed by atoms with van der Waals surface area (Å²) in [5, 5.41) is 4.03. The summed E-state index contributed by atoms with van der Waals surface area (Å²) >= 11 is 0. The van der Waals surface area contributed by atoms with Crippen LogP contribution in [0, 0.1) is 5.92 Å². The summed E-state index contributed by atoms with van der Waals surface area (Å²) in [6.45, 7) is 1.64. The smallest absolute Gasteiger partial charge is 0.407 e. The number of amides is 2. The van der Waals surface area contributed by atoms with Gasteiger partial charge in [-0.15, -0.1) is 0 Å². The lowest BCUT2D eigenvalue weighted by Gasteiger charge is -2.37. The summed E-state index contributed by atoms with van der Waals surface area (Å²) in [6, 6.07) is 31.9. The van der Waals surface area contributed by atoms with E-state index in [1.165, 1.54) is 11.1 Å². The number of ether oxygens (including phenoxy) is 1. The van der Waals surface area contributed by atoms with Crippen molar-refractivity contribution in [3.8, 4) is 11.1 Å². The van der Waals surface area contributed by atoms with E-state index in [-0.39, 0.29) is 24.3 Å². The first-order valence-corrected chi connectivity index (χ1v) is 15.7. The Balaban J connectivity index is 1.15. The van der Waals surface area contributed by atoms with Crippen LogP contribution < -0.4 is 10.2 Å². The lowest BCUT2D eigenvalue weighted by Crippen LogP contribution is -2.53. The molecule has 0 saturated carbocycles. The first kappa shape index (κ1) is 28.9. The molecule has 2 atom stereocenters. The number of nitrogens with zero attached hydrogens (tertiary/aromatic N) is 2. The van der Waals surface area contributed by atoms with Gasteiger partial charge in [0.2, 0.25) is 5.91 Å². The number of carbonyl (C=O) groups is 2. The number of aromatic amines is 1. The van der Waals surface area contributed by atoms with Crippen molar-refractivity contribution in [1.82, 2.24) is 15.2 Å². The molecule has 7 rings (SSSR count). The fourth-order valence-corrected chi connectivity index (χ4v) is 7.22. The van der Waals surface area contributed by atoms with E-state index >= 15 is 0 Å². The SMILES string of the molecule is CN(C)CC1Cc2ccccc2N(C(=O)C(Cc2c[nH]c3ccccc23)NC(=O)OCC2c3ccccc3-c3ccccc32)C1. The third-order valence-electron chi connectivity index (χ3n) is 9.15. The molecule has 5 aromatic rings. The van der Waals surface area contributed by atoms with Crippen LogP contribution in [-0.2, 0) is 22.4 Å². The molecule has 2 amide bonds. The summed E-state index contributed by atoms with van der Waals surface area (Å²) in [5.41, 5.74) is 8.67. The predicted octanol–water partition coefficient (Wildman–Crippen LogP) is 6.38. The molecule has 4 aromatic carbocycles. The summed E-state index contributed by atoms with van der Waals surface area (Å²) in [7, 11) is 4.12. The topological polar surface area (TPSA) is 77.7 Å². The zero-order valence-electron chi connectivity index (χ0n) is 25.7. The molecule has 7 nitrogen and oxygen atoms in total. The maximum Gasteiger partial charge on any atom is 0.407 e. The molecule has 45 heavy (non-hydrogen) atoms. The van der Waals surface area contributed by atoms with Crippen molar-refractivity contribution in [1.29, 1.82) is 0 Å². The normalized spacial score (nSPS) is 16.2. The number of benzene rings is 4. The molecule has 2 aliphatic rings. The first-order chi connectivity index (χ1) is 22.0. The maximum atomic E-state index is 14.5. The van der Waals surface area contributed by atoms with E-state index < -0.39 is 12.1 Å². The molecule has 2 unspecified atom stereocenters. The Morgan fingerprint density at radius 1 is 0.911 bits per heavy atom. The third-order valence-corrected chi connectivity index (χ3v) is 9.15. The number of para-hydroxylation sites is 2. The van der Waals surface area contributed by atoms with Crippen molar-refractivity contribution in [3.05, 3.63) is 126 Å². The highest BCUT2D eigenvalue weighted by Crippen LogP contribution is 2.44. The average molecular weight is 599 g/mol. The largest absolute Gasteiger partial charge is 0.449 e. The summed E-state index contributed by atoms with van der Waals surface area (Å²) in [6.07, 6.45) is 2.59. The van der Waals surface area contributed by atoms with Gasteiger partial charge in [0.1, 0.15) is 12.6 Å². The standard InChI is InChI=1S/C38H38N4O3/c1-41(2)22-25-19-26-11-3-10-18-36(26)42(23-25)37(43)35(20-27-21-39-34-17-9-8-12-28(27)34)40-38(44)45-24-33-31-15-6-4-13-29(31)30-14-5-7-16-32(30)33/h3-18,21,25,33,35,39H,19-20,22-24H2,1-2H3,(H,40,44). The molecule has 0 fully saturated rings. The Morgan fingerprint density at radius 2 is 1.58 bits per heavy atom. The van der Waals surface area contributed by atoms with Gasteiger partial charge in [-0.25, -0.2) is 4.79 Å². The number of H-pyrrole nitrogens is 1. The number of fused-ring (bicyclic) bond motifs is 5. The molecular formula is C38H38N4O3. The van der Waals surface area contributed by atoms with E-state index in [0.717, 1.165) is 51.8 Å². The molecule has 1 aromatic heterocycles. The highest BCUT2D eigenvalue weighted by atomic mass is 16.5. The molecule has 2 N–H and O–H groups in total. The second-order valence-corrected chi connectivity index (χ2v) is 12.5. The lowest BCUT2D eigenvalue weighted by atomic mass is 9.91. The lowest BCUT2D eigenvalue weighted by molar-refractivity contribution is -0.120. The quantitative estimate of drug-likeness (QED) is 0.217. The van der Waals surface area contributed by atoms with Crippen LogP contribution in [-0.4, -0.2) is 61.7 Å². The van der Waals surface area contributed by atoms with Crippen molar-refractivity contribution < 1.29 is 14.3 Å². The molecule has 7 heteroatoms. The van der Waals surface area contributed by atoms with Gasteiger partial charge in [0.15, 0.2) is 0 Å². The van der Waals surface area contributed by atoms with Crippen LogP contribution in [0.3, 0.4) is 0 Å². The number of alkyl carbamates (subject to hydrolysis) is 1. The van der Waals surface area contributed by atoms with Gasteiger partial charge in [-0.05, 0) is 71.9 Å². The van der Waals surface area contributed by atoms with Gasteiger partial charge in [-0.2, -0.15) is 0 Å². The van der Waals surface area contributed by atoms with E-state index in [2.05, 4.69) is 59.6 Å². The van der Waals surface area contributed by atoms with Crippen molar-refractivity contribution in [2.45, 2.75) is 24.8 Å². The van der Waals surface area contributed by atoms with Crippen LogP contribution in [0.2, 0.25) is 0 Å². The third kappa shape index (κ3) is 5.71. The number of hydrogen-bond donors (Lipinski definition) is 2. The summed E-state index contributed by atoms with van der Waals surface area (Å²) < 4.78 is 5.92. The zero-order valence-corrected chi connectivity index (χ0v) is 25.7. The Kier molecular flexibility index (Phi) is 7.86. The second-order valence-electron chi connectivity index (χ2n) is 12.5. The number of nitrogens with one attached hydrogen (secondary N) is 2. The Labute approximate surface area is 263 Å². The van der Waals surface area contributed by atoms with Crippen molar-refractivity contribution in [3.63, 3.8) is 0 Å². The molecule has 0 spiro atoms. The summed E-state index contributed by atoms with van der Waals surface area (Å²) in [5.74, 6) is 0.0819. The number of anilines is 1. The highest BCUT2D eigenvalue weighted by Gasteiger charge is 2.35. The van der Waals surface area contributed by atoms with E-state index in [4.69, 9.17) is 4.74 Å². The summed E-state index contributed by atoms with van der Waals surface area (Å²) in [4.78, 5) is 35.4. The molecule has 1 aliphatic carbocycles. The monoisotopic (exact) mass is 598 g/mol. The molecule has 1 aliphatic heterocycles. The first-order valence-electron chi connectivity index (χ1n) is 15.7. The number of rotatable bonds is 8. The average Bonchev–Trinajstić information content (AvgIpc) is 3.61. The van der Waals surface area contributed by atoms with E-state index in [9.17, 15) is 9.59 Å². The van der Waals surface area contributed by atoms with E-state index in [1.54, 1.807) is 0 Å². The molecular weight excluding hydrogens is 560 g/mol. The molecule has 2 heterocycles. The van der Waals surface area contributed by atoms with Crippen molar-refractivity contribution in [2.24, 2.45) is 5.92 Å². The molecule has 0 radical (unpaired) electrons. The van der Waals surface area contributed by atoms with Gasteiger partial charge in [0.05, 0.1) is 0 Å². The maximum absolute atomic E-state index is 14.5. The van der Waals surface area contributed by atoms with Crippen LogP contribution in [0.25, 0.3) is 22.0 Å². The predicted molar refractivity (Wildman–Crippen MR) is 179 cm³/mol. The molecule has 228 valence electrons. The minimum Gasteiger partial charge on any atom is -0.449 e. The Bertz CT molecular complexity index is 1820. The van der Waals surface area contributed by atoms with Gasteiger partial charge in [0, 0.05) is 48.2 Å². The van der Waals surface area contributed by atoms with Crippen LogP contribution in [0.15, 0.2) is 103 Å². The van der Waals surface area contributed by atoms with Crippen LogP contribution in [0.4, 0.5) is 10.5 Å². The van der Waals surface area contributed by atoms with Crippen molar-refractivity contribution in [2.75, 3.05) is 38.7 Å². The van der Waals surface area contributed by atoms with Gasteiger partial charge in [0.25, 0.3) is 0 Å².